The third kappa shape index (κ3) is 3.15. The Hall–Kier alpha value is -1.07. The highest BCUT2D eigenvalue weighted by atomic mass is 35.5. The second kappa shape index (κ2) is 6.20. The van der Waals surface area contributed by atoms with Gasteiger partial charge in [-0.15, -0.1) is 0 Å². The van der Waals surface area contributed by atoms with Crippen molar-refractivity contribution in [2.45, 2.75) is 30.2 Å². The molecule has 1 aliphatic rings. The second-order valence-corrected chi connectivity index (χ2v) is 7.87. The van der Waals surface area contributed by atoms with E-state index in [1.54, 1.807) is 6.07 Å². The number of benzene rings is 2. The molecule has 0 aliphatic heterocycles. The molecule has 3 rings (SSSR count). The molecule has 0 saturated carbocycles. The minimum Gasteiger partial charge on any atom is -0.207 e. The Morgan fingerprint density at radius 1 is 1.09 bits per heavy atom. The van der Waals surface area contributed by atoms with Crippen molar-refractivity contribution in [3.8, 4) is 0 Å². The van der Waals surface area contributed by atoms with Gasteiger partial charge in [-0.25, -0.2) is 13.1 Å². The van der Waals surface area contributed by atoms with Crippen LogP contribution in [0.2, 0.25) is 10.0 Å². The highest BCUT2D eigenvalue weighted by Crippen LogP contribution is 2.32. The SMILES string of the molecule is O=S(=O)(NC1CCCc2ccccc21)c1cc(Cl)ccc1Cl. The van der Waals surface area contributed by atoms with Crippen molar-refractivity contribution >= 4 is 33.2 Å². The van der Waals surface area contributed by atoms with Crippen LogP contribution in [0.4, 0.5) is 0 Å². The average Bonchev–Trinajstić information content (AvgIpc) is 2.50. The first-order valence-electron chi connectivity index (χ1n) is 7.02. The number of fused-ring (bicyclic) bond motifs is 1. The van der Waals surface area contributed by atoms with Gasteiger partial charge in [0.15, 0.2) is 0 Å². The number of aryl methyl sites for hydroxylation is 1. The number of sulfonamides is 1. The fourth-order valence-corrected chi connectivity index (χ4v) is 4.82. The van der Waals surface area contributed by atoms with E-state index in [0.29, 0.717) is 5.02 Å². The zero-order valence-corrected chi connectivity index (χ0v) is 14.0. The maximum Gasteiger partial charge on any atom is 0.242 e. The van der Waals surface area contributed by atoms with Gasteiger partial charge in [-0.1, -0.05) is 47.5 Å². The van der Waals surface area contributed by atoms with Crippen molar-refractivity contribution in [3.05, 3.63) is 63.6 Å². The predicted molar refractivity (Wildman–Crippen MR) is 88.9 cm³/mol. The fourth-order valence-electron chi connectivity index (χ4n) is 2.81. The van der Waals surface area contributed by atoms with Crippen LogP contribution in [-0.2, 0) is 16.4 Å². The van der Waals surface area contributed by atoms with Gasteiger partial charge in [-0.2, -0.15) is 0 Å². The van der Waals surface area contributed by atoms with Gasteiger partial charge in [0.25, 0.3) is 0 Å². The second-order valence-electron chi connectivity index (χ2n) is 5.34. The summed E-state index contributed by atoms with van der Waals surface area (Å²) in [7, 11) is -3.72. The molecule has 0 saturated heterocycles. The number of hydrogen-bond donors (Lipinski definition) is 1. The minimum absolute atomic E-state index is 0.0183. The topological polar surface area (TPSA) is 46.2 Å². The lowest BCUT2D eigenvalue weighted by Crippen LogP contribution is -2.31. The third-order valence-electron chi connectivity index (χ3n) is 3.85. The molecule has 1 N–H and O–H groups in total. The van der Waals surface area contributed by atoms with Crippen LogP contribution >= 0.6 is 23.2 Å². The zero-order valence-electron chi connectivity index (χ0n) is 11.7. The Morgan fingerprint density at radius 2 is 1.86 bits per heavy atom. The van der Waals surface area contributed by atoms with Crippen LogP contribution < -0.4 is 4.72 Å². The van der Waals surface area contributed by atoms with Gasteiger partial charge in [0, 0.05) is 11.1 Å². The molecule has 1 aliphatic carbocycles. The molecule has 0 heterocycles. The summed E-state index contributed by atoms with van der Waals surface area (Å²) >= 11 is 11.9. The maximum absolute atomic E-state index is 12.6. The van der Waals surface area contributed by atoms with E-state index in [2.05, 4.69) is 4.72 Å². The first-order valence-corrected chi connectivity index (χ1v) is 9.26. The molecule has 0 radical (unpaired) electrons. The van der Waals surface area contributed by atoms with E-state index in [4.69, 9.17) is 23.2 Å². The number of rotatable bonds is 3. The van der Waals surface area contributed by atoms with Crippen LogP contribution in [0.15, 0.2) is 47.4 Å². The molecule has 22 heavy (non-hydrogen) atoms. The molecule has 2 aromatic rings. The summed E-state index contributed by atoms with van der Waals surface area (Å²) in [6.07, 6.45) is 2.70. The largest absolute Gasteiger partial charge is 0.242 e. The van der Waals surface area contributed by atoms with Gasteiger partial charge in [0.1, 0.15) is 4.90 Å². The van der Waals surface area contributed by atoms with E-state index < -0.39 is 10.0 Å². The van der Waals surface area contributed by atoms with Crippen LogP contribution in [0, 0.1) is 0 Å². The number of nitrogens with one attached hydrogen (secondary N) is 1. The minimum atomic E-state index is -3.72. The quantitative estimate of drug-likeness (QED) is 0.889. The zero-order chi connectivity index (χ0) is 15.7. The molecule has 2 aromatic carbocycles. The van der Waals surface area contributed by atoms with Crippen molar-refractivity contribution < 1.29 is 8.42 Å². The highest BCUT2D eigenvalue weighted by Gasteiger charge is 2.27. The molecule has 3 nitrogen and oxygen atoms in total. The monoisotopic (exact) mass is 355 g/mol. The summed E-state index contributed by atoms with van der Waals surface area (Å²) in [5.74, 6) is 0. The molecule has 0 aromatic heterocycles. The lowest BCUT2D eigenvalue weighted by Gasteiger charge is -2.26. The van der Waals surface area contributed by atoms with E-state index in [9.17, 15) is 8.42 Å². The Balaban J connectivity index is 1.95. The molecule has 0 amide bonds. The number of halogens is 2. The summed E-state index contributed by atoms with van der Waals surface area (Å²) in [5, 5.41) is 0.509. The van der Waals surface area contributed by atoms with Gasteiger partial charge < -0.3 is 0 Å². The molecular formula is C16H15Cl2NO2S. The Morgan fingerprint density at radius 3 is 2.68 bits per heavy atom. The third-order valence-corrected chi connectivity index (χ3v) is 6.04. The van der Waals surface area contributed by atoms with Crippen molar-refractivity contribution in [1.82, 2.24) is 4.72 Å². The summed E-state index contributed by atoms with van der Waals surface area (Å²) in [6, 6.07) is 12.1. The summed E-state index contributed by atoms with van der Waals surface area (Å²) in [5.41, 5.74) is 2.23. The first kappa shape index (κ1) is 15.8. The van der Waals surface area contributed by atoms with Gasteiger partial charge in [0.2, 0.25) is 10.0 Å². The Labute approximate surface area is 140 Å². The average molecular weight is 356 g/mol. The number of hydrogen-bond acceptors (Lipinski definition) is 2. The normalized spacial score (nSPS) is 18.0. The van der Waals surface area contributed by atoms with E-state index in [1.165, 1.54) is 17.7 Å². The van der Waals surface area contributed by atoms with Crippen LogP contribution in [0.1, 0.15) is 30.0 Å². The van der Waals surface area contributed by atoms with Gasteiger partial charge in [-0.3, -0.25) is 0 Å². The Kier molecular flexibility index (Phi) is 4.46. The van der Waals surface area contributed by atoms with Crippen LogP contribution in [0.5, 0.6) is 0 Å². The van der Waals surface area contributed by atoms with Crippen molar-refractivity contribution in [2.75, 3.05) is 0 Å². The smallest absolute Gasteiger partial charge is 0.207 e. The summed E-state index contributed by atoms with van der Waals surface area (Å²) < 4.78 is 28.0. The summed E-state index contributed by atoms with van der Waals surface area (Å²) in [6.45, 7) is 0. The van der Waals surface area contributed by atoms with Crippen molar-refractivity contribution in [2.24, 2.45) is 0 Å². The van der Waals surface area contributed by atoms with E-state index >= 15 is 0 Å². The van der Waals surface area contributed by atoms with Crippen molar-refractivity contribution in [1.29, 1.82) is 0 Å². The van der Waals surface area contributed by atoms with Crippen molar-refractivity contribution in [3.63, 3.8) is 0 Å². The van der Waals surface area contributed by atoms with Crippen LogP contribution in [-0.4, -0.2) is 8.42 Å². The van der Waals surface area contributed by atoms with Gasteiger partial charge in [0.05, 0.1) is 5.02 Å². The molecule has 0 spiro atoms. The Bertz CT molecular complexity index is 806. The summed E-state index contributed by atoms with van der Waals surface area (Å²) in [4.78, 5) is 0.0183. The van der Waals surface area contributed by atoms with Crippen LogP contribution in [0.25, 0.3) is 0 Å². The molecule has 6 heteroatoms. The van der Waals surface area contributed by atoms with Gasteiger partial charge in [-0.05, 0) is 48.6 Å². The molecule has 116 valence electrons. The maximum atomic E-state index is 12.6. The standard InChI is InChI=1S/C16H15Cl2NO2S/c17-12-8-9-14(18)16(10-12)22(20,21)19-15-7-3-5-11-4-1-2-6-13(11)15/h1-2,4,6,8-10,15,19H,3,5,7H2. The van der Waals surface area contributed by atoms with Crippen LogP contribution in [0.3, 0.4) is 0 Å². The highest BCUT2D eigenvalue weighted by molar-refractivity contribution is 7.89. The van der Waals surface area contributed by atoms with E-state index in [1.807, 2.05) is 24.3 Å². The molecule has 1 atom stereocenters. The molecule has 0 bridgehead atoms. The molecular weight excluding hydrogens is 341 g/mol. The van der Waals surface area contributed by atoms with E-state index in [0.717, 1.165) is 24.8 Å². The molecule has 1 unspecified atom stereocenters. The molecule has 0 fully saturated rings. The lowest BCUT2D eigenvalue weighted by molar-refractivity contribution is 0.507. The first-order chi connectivity index (χ1) is 10.5. The van der Waals surface area contributed by atoms with E-state index in [-0.39, 0.29) is 16.0 Å². The van der Waals surface area contributed by atoms with Gasteiger partial charge >= 0.3 is 0 Å². The fraction of sp³-hybridized carbons (Fsp3) is 0.250. The lowest BCUT2D eigenvalue weighted by atomic mass is 9.88. The predicted octanol–water partition coefficient (Wildman–Crippen LogP) is 4.35.